The van der Waals surface area contributed by atoms with Gasteiger partial charge in [0.05, 0.1) is 0 Å². The highest BCUT2D eigenvalue weighted by atomic mass is 32.1. The zero-order valence-corrected chi connectivity index (χ0v) is 12.5. The molecule has 2 fully saturated rings. The molecule has 0 bridgehead atoms. The van der Waals surface area contributed by atoms with Crippen molar-refractivity contribution in [1.82, 2.24) is 10.2 Å². The van der Waals surface area contributed by atoms with Crippen molar-refractivity contribution in [2.45, 2.75) is 58.2 Å². The van der Waals surface area contributed by atoms with Gasteiger partial charge in [0, 0.05) is 41.0 Å². The van der Waals surface area contributed by atoms with Gasteiger partial charge in [0.2, 0.25) is 0 Å². The Labute approximate surface area is 114 Å². The van der Waals surface area contributed by atoms with Gasteiger partial charge in [0.25, 0.3) is 0 Å². The number of likely N-dealkylation sites (tertiary alicyclic amines) is 1. The fourth-order valence-corrected chi connectivity index (χ4v) is 4.24. The molecule has 2 heterocycles. The minimum absolute atomic E-state index is 0.499. The lowest BCUT2D eigenvalue weighted by molar-refractivity contribution is 0.313. The summed E-state index contributed by atoms with van der Waals surface area (Å²) in [6.45, 7) is 9.33. The Kier molecular flexibility index (Phi) is 3.48. The Morgan fingerprint density at radius 3 is 2.72 bits per heavy atom. The summed E-state index contributed by atoms with van der Waals surface area (Å²) in [4.78, 5) is 5.59. The van der Waals surface area contributed by atoms with E-state index in [0.29, 0.717) is 12.1 Å². The van der Waals surface area contributed by atoms with Gasteiger partial charge in [-0.3, -0.25) is 4.90 Å². The number of nitrogens with zero attached hydrogens (tertiary/aromatic N) is 1. The van der Waals surface area contributed by atoms with Gasteiger partial charge in [0.15, 0.2) is 0 Å². The highest BCUT2D eigenvalue weighted by molar-refractivity contribution is 7.12. The summed E-state index contributed by atoms with van der Waals surface area (Å²) >= 11 is 1.92. The maximum atomic E-state index is 3.83. The third-order valence-electron chi connectivity index (χ3n) is 4.31. The highest BCUT2D eigenvalue weighted by Gasteiger charge is 2.34. The second-order valence-corrected chi connectivity index (χ2v) is 7.43. The van der Waals surface area contributed by atoms with Crippen LogP contribution in [0.1, 0.15) is 47.5 Å². The van der Waals surface area contributed by atoms with Crippen LogP contribution in [-0.2, 0) is 0 Å². The molecule has 1 N–H and O–H groups in total. The van der Waals surface area contributed by atoms with Crippen LogP contribution >= 0.6 is 11.3 Å². The zero-order valence-electron chi connectivity index (χ0n) is 11.7. The first kappa shape index (κ1) is 12.6. The Balaban J connectivity index is 1.57. The molecular formula is C15H24N2S. The van der Waals surface area contributed by atoms with Crippen LogP contribution in [0.25, 0.3) is 0 Å². The van der Waals surface area contributed by atoms with Gasteiger partial charge in [-0.05, 0) is 51.7 Å². The fraction of sp³-hybridized carbons (Fsp3) is 0.733. The highest BCUT2D eigenvalue weighted by Crippen LogP contribution is 2.31. The predicted molar refractivity (Wildman–Crippen MR) is 78.3 cm³/mol. The molecule has 1 aliphatic heterocycles. The standard InChI is InChI=1S/C15H24N2S/c1-10-8-15(12(3)18-10)11(2)16-13-6-7-17(9-13)14-4-5-14/h8,11,13-14,16H,4-7,9H2,1-3H3. The molecule has 2 atom stereocenters. The van der Waals surface area contributed by atoms with Crippen molar-refractivity contribution in [2.24, 2.45) is 0 Å². The van der Waals surface area contributed by atoms with Crippen LogP contribution in [0.2, 0.25) is 0 Å². The molecule has 0 aromatic carbocycles. The summed E-state index contributed by atoms with van der Waals surface area (Å²) in [5, 5.41) is 3.83. The fourth-order valence-electron chi connectivity index (χ4n) is 3.22. The molecular weight excluding hydrogens is 240 g/mol. The second kappa shape index (κ2) is 4.95. The van der Waals surface area contributed by atoms with Gasteiger partial charge in [-0.25, -0.2) is 0 Å². The van der Waals surface area contributed by atoms with Gasteiger partial charge in [0.1, 0.15) is 0 Å². The molecule has 0 radical (unpaired) electrons. The van der Waals surface area contributed by atoms with E-state index in [-0.39, 0.29) is 0 Å². The minimum atomic E-state index is 0.499. The van der Waals surface area contributed by atoms with Crippen LogP contribution in [0.15, 0.2) is 6.07 Å². The van der Waals surface area contributed by atoms with Crippen molar-refractivity contribution in [3.8, 4) is 0 Å². The summed E-state index contributed by atoms with van der Waals surface area (Å²) in [5.74, 6) is 0. The number of hydrogen-bond acceptors (Lipinski definition) is 3. The van der Waals surface area contributed by atoms with Gasteiger partial charge < -0.3 is 5.32 Å². The summed E-state index contributed by atoms with van der Waals surface area (Å²) < 4.78 is 0. The first-order valence-electron chi connectivity index (χ1n) is 7.20. The van der Waals surface area contributed by atoms with Crippen molar-refractivity contribution in [1.29, 1.82) is 0 Å². The molecule has 2 aliphatic rings. The number of thiophene rings is 1. The largest absolute Gasteiger partial charge is 0.306 e. The molecule has 100 valence electrons. The van der Waals surface area contributed by atoms with E-state index in [4.69, 9.17) is 0 Å². The zero-order chi connectivity index (χ0) is 12.7. The molecule has 3 heteroatoms. The van der Waals surface area contributed by atoms with Crippen molar-refractivity contribution >= 4 is 11.3 Å². The Bertz CT molecular complexity index is 422. The molecule has 3 rings (SSSR count). The molecule has 1 saturated carbocycles. The Morgan fingerprint density at radius 1 is 1.33 bits per heavy atom. The third kappa shape index (κ3) is 2.63. The van der Waals surface area contributed by atoms with E-state index in [1.807, 2.05) is 11.3 Å². The van der Waals surface area contributed by atoms with Crippen molar-refractivity contribution in [3.05, 3.63) is 21.4 Å². The van der Waals surface area contributed by atoms with Crippen LogP contribution < -0.4 is 5.32 Å². The Morgan fingerprint density at radius 2 is 2.11 bits per heavy atom. The molecule has 1 aromatic heterocycles. The molecule has 0 amide bonds. The van der Waals surface area contributed by atoms with Gasteiger partial charge in [-0.2, -0.15) is 0 Å². The molecule has 18 heavy (non-hydrogen) atoms. The summed E-state index contributed by atoms with van der Waals surface area (Å²) in [5.41, 5.74) is 1.50. The maximum absolute atomic E-state index is 3.83. The number of hydrogen-bond donors (Lipinski definition) is 1. The number of aryl methyl sites for hydroxylation is 2. The lowest BCUT2D eigenvalue weighted by Crippen LogP contribution is -2.35. The van der Waals surface area contributed by atoms with Crippen molar-refractivity contribution in [2.75, 3.05) is 13.1 Å². The molecule has 0 spiro atoms. The maximum Gasteiger partial charge on any atom is 0.0305 e. The van der Waals surface area contributed by atoms with Crippen molar-refractivity contribution in [3.63, 3.8) is 0 Å². The quantitative estimate of drug-likeness (QED) is 0.898. The smallest absolute Gasteiger partial charge is 0.0305 e. The number of rotatable bonds is 4. The van der Waals surface area contributed by atoms with Gasteiger partial charge in [-0.1, -0.05) is 0 Å². The number of nitrogens with one attached hydrogen (secondary N) is 1. The topological polar surface area (TPSA) is 15.3 Å². The second-order valence-electron chi connectivity index (χ2n) is 5.97. The van der Waals surface area contributed by atoms with Crippen LogP contribution in [0, 0.1) is 13.8 Å². The minimum Gasteiger partial charge on any atom is -0.306 e. The van der Waals surface area contributed by atoms with Crippen LogP contribution in [-0.4, -0.2) is 30.1 Å². The third-order valence-corrected chi connectivity index (χ3v) is 5.30. The van der Waals surface area contributed by atoms with Crippen molar-refractivity contribution < 1.29 is 0 Å². The summed E-state index contributed by atoms with van der Waals surface area (Å²) in [7, 11) is 0. The van der Waals surface area contributed by atoms with Crippen LogP contribution in [0.3, 0.4) is 0 Å². The molecule has 1 aliphatic carbocycles. The van der Waals surface area contributed by atoms with E-state index >= 15 is 0 Å². The summed E-state index contributed by atoms with van der Waals surface area (Å²) in [6.07, 6.45) is 4.19. The molecule has 2 unspecified atom stereocenters. The monoisotopic (exact) mass is 264 g/mol. The lowest BCUT2D eigenvalue weighted by atomic mass is 10.1. The average molecular weight is 264 g/mol. The summed E-state index contributed by atoms with van der Waals surface area (Å²) in [6, 6.07) is 4.47. The predicted octanol–water partition coefficient (Wildman–Crippen LogP) is 3.25. The van der Waals surface area contributed by atoms with Crippen LogP contribution in [0.5, 0.6) is 0 Å². The Hall–Kier alpha value is -0.380. The van der Waals surface area contributed by atoms with E-state index < -0.39 is 0 Å². The normalized spacial score (nSPS) is 26.7. The van der Waals surface area contributed by atoms with E-state index in [2.05, 4.69) is 37.1 Å². The van der Waals surface area contributed by atoms with E-state index in [9.17, 15) is 0 Å². The average Bonchev–Trinajstić information content (AvgIpc) is 2.97. The first-order valence-corrected chi connectivity index (χ1v) is 8.02. The van der Waals surface area contributed by atoms with Gasteiger partial charge >= 0.3 is 0 Å². The molecule has 1 aromatic rings. The lowest BCUT2D eigenvalue weighted by Gasteiger charge is -2.20. The van der Waals surface area contributed by atoms with Gasteiger partial charge in [-0.15, -0.1) is 11.3 Å². The van der Waals surface area contributed by atoms with E-state index in [1.54, 1.807) is 0 Å². The molecule has 2 nitrogen and oxygen atoms in total. The SMILES string of the molecule is Cc1cc(C(C)NC2CCN(C3CC3)C2)c(C)s1. The van der Waals surface area contributed by atoms with E-state index in [1.165, 1.54) is 47.7 Å². The molecule has 1 saturated heterocycles. The van der Waals surface area contributed by atoms with Crippen LogP contribution in [0.4, 0.5) is 0 Å². The first-order chi connectivity index (χ1) is 8.63. The van der Waals surface area contributed by atoms with E-state index in [0.717, 1.165) is 6.04 Å².